The van der Waals surface area contributed by atoms with E-state index in [1.54, 1.807) is 17.9 Å². The molecule has 31 heavy (non-hydrogen) atoms. The Balaban J connectivity index is 1.46. The number of hydroxylamine groups is 1. The molecule has 0 atom stereocenters. The molecule has 4 rings (SSSR count). The predicted octanol–water partition coefficient (Wildman–Crippen LogP) is 1.71. The first-order valence-corrected chi connectivity index (χ1v) is 11.8. The van der Waals surface area contributed by atoms with Crippen LogP contribution >= 0.6 is 0 Å². The van der Waals surface area contributed by atoms with E-state index in [-0.39, 0.29) is 32.0 Å². The van der Waals surface area contributed by atoms with Crippen LogP contribution in [0.4, 0.5) is 0 Å². The highest BCUT2D eigenvalue weighted by atomic mass is 32.2. The summed E-state index contributed by atoms with van der Waals surface area (Å²) in [7, 11) is -3.95. The van der Waals surface area contributed by atoms with Gasteiger partial charge < -0.3 is 4.74 Å². The highest BCUT2D eigenvalue weighted by Crippen LogP contribution is 2.36. The van der Waals surface area contributed by atoms with Gasteiger partial charge >= 0.3 is 0 Å². The van der Waals surface area contributed by atoms with E-state index in [9.17, 15) is 18.4 Å². The molecule has 2 aromatic heterocycles. The fraction of sp³-hybridized carbons (Fsp3) is 0.476. The van der Waals surface area contributed by atoms with Gasteiger partial charge in [-0.15, -0.1) is 0 Å². The molecule has 2 N–H and O–H groups in total. The van der Waals surface area contributed by atoms with Crippen LogP contribution in [0.15, 0.2) is 42.7 Å². The molecule has 2 aliphatic rings. The van der Waals surface area contributed by atoms with Crippen molar-refractivity contribution < 1.29 is 23.2 Å². The van der Waals surface area contributed by atoms with Gasteiger partial charge in [0, 0.05) is 68.7 Å². The monoisotopic (exact) mass is 446 g/mol. The van der Waals surface area contributed by atoms with Crippen LogP contribution in [0.2, 0.25) is 0 Å². The average Bonchev–Trinajstić information content (AvgIpc) is 2.84. The van der Waals surface area contributed by atoms with Gasteiger partial charge in [-0.05, 0) is 37.1 Å². The highest BCUT2D eigenvalue weighted by molar-refractivity contribution is 7.91. The smallest absolute Gasteiger partial charge is 0.266 e. The van der Waals surface area contributed by atoms with Gasteiger partial charge in [0.05, 0.1) is 5.69 Å². The molecule has 2 fully saturated rings. The van der Waals surface area contributed by atoms with Gasteiger partial charge in [0.15, 0.2) is 4.75 Å². The summed E-state index contributed by atoms with van der Waals surface area (Å²) >= 11 is 0. The van der Waals surface area contributed by atoms with Gasteiger partial charge in [0.25, 0.3) is 5.91 Å². The second-order valence-corrected chi connectivity index (χ2v) is 10.2. The van der Waals surface area contributed by atoms with Gasteiger partial charge in [-0.1, -0.05) is 6.07 Å². The van der Waals surface area contributed by atoms with Crippen molar-refractivity contribution in [2.45, 2.75) is 36.3 Å². The Hall–Kier alpha value is -2.40. The maximum Gasteiger partial charge on any atom is 0.266 e. The molecule has 2 saturated heterocycles. The van der Waals surface area contributed by atoms with Gasteiger partial charge in [-0.2, -0.15) is 0 Å². The maximum absolute atomic E-state index is 13.4. The minimum absolute atomic E-state index is 0.0260. The summed E-state index contributed by atoms with van der Waals surface area (Å²) in [5.74, 6) is -0.744. The first-order valence-electron chi connectivity index (χ1n) is 10.4. The molecule has 4 heterocycles. The normalized spacial score (nSPS) is 20.3. The van der Waals surface area contributed by atoms with Crippen LogP contribution in [0.25, 0.3) is 11.3 Å². The molecule has 0 aliphatic carbocycles. The third-order valence-corrected chi connectivity index (χ3v) is 8.89. The van der Waals surface area contributed by atoms with Crippen LogP contribution in [0.1, 0.15) is 37.3 Å². The SMILES string of the molecule is O=C(NO)C1(S(=O)(=O)N2CCC(c3ccc(-c4ccccn4)cn3)CC2)CCOCC1. The molecule has 0 unspecified atom stereocenters. The van der Waals surface area contributed by atoms with Crippen LogP contribution in [0.5, 0.6) is 0 Å². The van der Waals surface area contributed by atoms with Crippen LogP contribution in [-0.2, 0) is 19.6 Å². The predicted molar refractivity (Wildman–Crippen MR) is 113 cm³/mol. The molecule has 2 aliphatic heterocycles. The van der Waals surface area contributed by atoms with E-state index in [1.807, 2.05) is 30.3 Å². The maximum atomic E-state index is 13.4. The number of pyridine rings is 2. The zero-order chi connectivity index (χ0) is 21.9. The standard InChI is InChI=1S/C21H26N4O5S/c26-20(24-27)21(8-13-30-14-9-21)31(28,29)25-11-6-16(7-12-25)19-5-4-17(15-23-19)18-3-1-2-10-22-18/h1-5,10,15-16,27H,6-9,11-14H2,(H,24,26). The van der Waals surface area contributed by atoms with E-state index in [0.29, 0.717) is 25.9 Å². The molecular formula is C21H26N4O5S. The molecule has 0 bridgehead atoms. The zero-order valence-corrected chi connectivity index (χ0v) is 17.9. The molecular weight excluding hydrogens is 420 g/mol. The summed E-state index contributed by atoms with van der Waals surface area (Å²) in [6.45, 7) is 0.932. The van der Waals surface area contributed by atoms with Crippen molar-refractivity contribution in [3.05, 3.63) is 48.4 Å². The number of aromatic nitrogens is 2. The van der Waals surface area contributed by atoms with Crippen molar-refractivity contribution in [1.82, 2.24) is 19.8 Å². The first kappa shape index (κ1) is 21.8. The van der Waals surface area contributed by atoms with E-state index < -0.39 is 20.7 Å². The number of piperidine rings is 1. The average molecular weight is 447 g/mol. The van der Waals surface area contributed by atoms with Crippen molar-refractivity contribution >= 4 is 15.9 Å². The van der Waals surface area contributed by atoms with E-state index in [0.717, 1.165) is 17.0 Å². The lowest BCUT2D eigenvalue weighted by molar-refractivity contribution is -0.134. The summed E-state index contributed by atoms with van der Waals surface area (Å²) in [6.07, 6.45) is 4.81. The van der Waals surface area contributed by atoms with Crippen LogP contribution in [0, 0.1) is 0 Å². The van der Waals surface area contributed by atoms with E-state index in [4.69, 9.17) is 4.74 Å². The number of ether oxygens (including phenoxy) is 1. The molecule has 0 saturated carbocycles. The number of carbonyl (C=O) groups is 1. The lowest BCUT2D eigenvalue weighted by atomic mass is 9.94. The lowest BCUT2D eigenvalue weighted by Gasteiger charge is -2.40. The van der Waals surface area contributed by atoms with Crippen molar-refractivity contribution in [1.29, 1.82) is 0 Å². The summed E-state index contributed by atoms with van der Waals surface area (Å²) in [5.41, 5.74) is 4.26. The van der Waals surface area contributed by atoms with E-state index in [2.05, 4.69) is 9.97 Å². The third-order valence-electron chi connectivity index (χ3n) is 6.27. The lowest BCUT2D eigenvalue weighted by Crippen LogP contribution is -2.60. The largest absolute Gasteiger partial charge is 0.381 e. The molecule has 166 valence electrons. The van der Waals surface area contributed by atoms with Gasteiger partial charge in [-0.25, -0.2) is 18.2 Å². The summed E-state index contributed by atoms with van der Waals surface area (Å²) in [5, 5.41) is 9.17. The summed E-state index contributed by atoms with van der Waals surface area (Å²) in [6, 6.07) is 9.67. The Morgan fingerprint density at radius 3 is 2.45 bits per heavy atom. The molecule has 10 heteroatoms. The van der Waals surface area contributed by atoms with Crippen LogP contribution in [-0.4, -0.2) is 64.9 Å². The number of amides is 1. The van der Waals surface area contributed by atoms with Crippen molar-refractivity contribution in [3.63, 3.8) is 0 Å². The molecule has 1 amide bonds. The Labute approximate surface area is 181 Å². The number of nitrogens with one attached hydrogen (secondary N) is 1. The van der Waals surface area contributed by atoms with E-state index in [1.165, 1.54) is 4.31 Å². The minimum atomic E-state index is -3.95. The van der Waals surface area contributed by atoms with Crippen molar-refractivity contribution in [2.24, 2.45) is 0 Å². The number of sulfonamides is 1. The number of rotatable bonds is 5. The summed E-state index contributed by atoms with van der Waals surface area (Å²) < 4.78 is 31.7. The number of hydrogen-bond donors (Lipinski definition) is 2. The van der Waals surface area contributed by atoms with Crippen molar-refractivity contribution in [2.75, 3.05) is 26.3 Å². The third kappa shape index (κ3) is 4.08. The molecule has 9 nitrogen and oxygen atoms in total. The first-order chi connectivity index (χ1) is 15.0. The van der Waals surface area contributed by atoms with E-state index >= 15 is 0 Å². The zero-order valence-electron chi connectivity index (χ0n) is 17.1. The number of carbonyl (C=O) groups excluding carboxylic acids is 1. The van der Waals surface area contributed by atoms with Crippen LogP contribution in [0.3, 0.4) is 0 Å². The quantitative estimate of drug-likeness (QED) is 0.530. The summed E-state index contributed by atoms with van der Waals surface area (Å²) in [4.78, 5) is 21.3. The molecule has 0 radical (unpaired) electrons. The van der Waals surface area contributed by atoms with Gasteiger partial charge in [-0.3, -0.25) is 20.0 Å². The number of nitrogens with zero attached hydrogens (tertiary/aromatic N) is 3. The Kier molecular flexibility index (Phi) is 6.33. The molecule has 0 spiro atoms. The highest BCUT2D eigenvalue weighted by Gasteiger charge is 2.54. The van der Waals surface area contributed by atoms with Crippen LogP contribution < -0.4 is 5.48 Å². The second kappa shape index (κ2) is 8.99. The minimum Gasteiger partial charge on any atom is -0.381 e. The van der Waals surface area contributed by atoms with Gasteiger partial charge in [0.2, 0.25) is 10.0 Å². The van der Waals surface area contributed by atoms with Gasteiger partial charge in [0.1, 0.15) is 0 Å². The Bertz CT molecular complexity index is 1000. The fourth-order valence-electron chi connectivity index (χ4n) is 4.38. The molecule has 0 aromatic carbocycles. The topological polar surface area (TPSA) is 122 Å². The van der Waals surface area contributed by atoms with Crippen molar-refractivity contribution in [3.8, 4) is 11.3 Å². The fourth-order valence-corrected chi connectivity index (χ4v) is 6.52. The second-order valence-electron chi connectivity index (χ2n) is 7.91. The molecule has 2 aromatic rings. The Morgan fingerprint density at radius 2 is 1.87 bits per heavy atom. The Morgan fingerprint density at radius 1 is 1.13 bits per heavy atom. The number of hydrogen-bond acceptors (Lipinski definition) is 7.